The van der Waals surface area contributed by atoms with Crippen molar-refractivity contribution in [2.45, 2.75) is 27.2 Å². The van der Waals surface area contributed by atoms with Crippen molar-refractivity contribution in [2.75, 3.05) is 7.11 Å². The van der Waals surface area contributed by atoms with Crippen LogP contribution in [0.1, 0.15) is 36.7 Å². The van der Waals surface area contributed by atoms with Crippen LogP contribution in [-0.4, -0.2) is 23.0 Å². The summed E-state index contributed by atoms with van der Waals surface area (Å²) in [5.74, 6) is -0.472. The van der Waals surface area contributed by atoms with Crippen molar-refractivity contribution in [2.24, 2.45) is 0 Å². The van der Waals surface area contributed by atoms with Gasteiger partial charge in [0.05, 0.1) is 23.7 Å². The number of carbonyl (C=O) groups is 1. The largest absolute Gasteiger partial charge is 0.465 e. The average molecular weight is 262 g/mol. The SMILES string of the molecule is CC.CCc1cc2ncc(C(=O)OC)cc2[nH]c1=O. The summed E-state index contributed by atoms with van der Waals surface area (Å²) in [5.41, 5.74) is 2.05. The standard InChI is InChI=1S/C12H12N2O3.C2H6/c1-3-7-4-9-10(14-11(7)15)5-8(6-13-9)12(16)17-2;1-2/h4-6H,3H2,1-2H3,(H,14,15);1-2H3. The van der Waals surface area contributed by atoms with E-state index in [4.69, 9.17) is 0 Å². The molecular weight excluding hydrogens is 244 g/mol. The van der Waals surface area contributed by atoms with Gasteiger partial charge in [0.15, 0.2) is 0 Å². The van der Waals surface area contributed by atoms with E-state index in [0.717, 1.165) is 0 Å². The molecule has 0 aliphatic rings. The summed E-state index contributed by atoms with van der Waals surface area (Å²) in [6.07, 6.45) is 2.08. The topological polar surface area (TPSA) is 72.0 Å². The summed E-state index contributed by atoms with van der Waals surface area (Å²) in [6, 6.07) is 3.30. The third-order valence-electron chi connectivity index (χ3n) is 2.57. The molecule has 2 rings (SSSR count). The number of hydrogen-bond donors (Lipinski definition) is 1. The minimum atomic E-state index is -0.472. The van der Waals surface area contributed by atoms with Gasteiger partial charge in [-0.2, -0.15) is 0 Å². The first-order chi connectivity index (χ1) is 9.15. The number of H-pyrrole nitrogens is 1. The molecule has 1 N–H and O–H groups in total. The van der Waals surface area contributed by atoms with Crippen molar-refractivity contribution in [3.05, 3.63) is 39.8 Å². The maximum atomic E-state index is 11.6. The van der Waals surface area contributed by atoms with Gasteiger partial charge in [-0.3, -0.25) is 9.78 Å². The number of ether oxygens (including phenoxy) is 1. The van der Waals surface area contributed by atoms with E-state index >= 15 is 0 Å². The molecule has 0 aliphatic carbocycles. The number of carbonyl (C=O) groups excluding carboxylic acids is 1. The third kappa shape index (κ3) is 3.19. The summed E-state index contributed by atoms with van der Waals surface area (Å²) in [5, 5.41) is 0. The van der Waals surface area contributed by atoms with Gasteiger partial charge in [0.25, 0.3) is 5.56 Å². The van der Waals surface area contributed by atoms with Crippen LogP contribution in [0.15, 0.2) is 23.1 Å². The Balaban J connectivity index is 0.000000861. The molecule has 0 bridgehead atoms. The van der Waals surface area contributed by atoms with Gasteiger partial charge in [-0.15, -0.1) is 0 Å². The first-order valence-electron chi connectivity index (χ1n) is 6.26. The Morgan fingerprint density at radius 1 is 1.37 bits per heavy atom. The number of methoxy groups -OCH3 is 1. The van der Waals surface area contributed by atoms with Gasteiger partial charge >= 0.3 is 5.97 Å². The molecule has 0 aliphatic heterocycles. The molecule has 0 spiro atoms. The summed E-state index contributed by atoms with van der Waals surface area (Å²) in [7, 11) is 1.30. The molecule has 0 amide bonds. The molecule has 0 saturated carbocycles. The monoisotopic (exact) mass is 262 g/mol. The van der Waals surface area contributed by atoms with E-state index in [9.17, 15) is 9.59 Å². The first-order valence-corrected chi connectivity index (χ1v) is 6.26. The van der Waals surface area contributed by atoms with Crippen LogP contribution in [0.4, 0.5) is 0 Å². The smallest absolute Gasteiger partial charge is 0.339 e. The maximum absolute atomic E-state index is 11.6. The van der Waals surface area contributed by atoms with Crippen molar-refractivity contribution in [3.63, 3.8) is 0 Å². The molecule has 5 nitrogen and oxygen atoms in total. The molecule has 102 valence electrons. The van der Waals surface area contributed by atoms with Crippen LogP contribution < -0.4 is 5.56 Å². The van der Waals surface area contributed by atoms with Crippen molar-refractivity contribution in [1.82, 2.24) is 9.97 Å². The second kappa shape index (κ2) is 6.68. The lowest BCUT2D eigenvalue weighted by Crippen LogP contribution is -2.12. The lowest BCUT2D eigenvalue weighted by atomic mass is 10.1. The van der Waals surface area contributed by atoms with Crippen LogP contribution in [0.5, 0.6) is 0 Å². The quantitative estimate of drug-likeness (QED) is 0.843. The zero-order chi connectivity index (χ0) is 14.4. The highest BCUT2D eigenvalue weighted by Crippen LogP contribution is 2.11. The molecule has 0 radical (unpaired) electrons. The summed E-state index contributed by atoms with van der Waals surface area (Å²) >= 11 is 0. The molecule has 0 atom stereocenters. The Morgan fingerprint density at radius 3 is 2.63 bits per heavy atom. The molecule has 0 saturated heterocycles. The van der Waals surface area contributed by atoms with Gasteiger partial charge in [-0.1, -0.05) is 20.8 Å². The normalized spacial score (nSPS) is 9.68. The molecule has 2 heterocycles. The van der Waals surface area contributed by atoms with E-state index in [0.29, 0.717) is 28.6 Å². The minimum absolute atomic E-state index is 0.149. The van der Waals surface area contributed by atoms with E-state index in [1.54, 1.807) is 12.1 Å². The summed E-state index contributed by atoms with van der Waals surface area (Å²) in [4.78, 5) is 29.8. The minimum Gasteiger partial charge on any atom is -0.465 e. The molecule has 2 aromatic rings. The van der Waals surface area contributed by atoms with Crippen LogP contribution in [0.3, 0.4) is 0 Å². The van der Waals surface area contributed by atoms with Gasteiger partial charge in [0.1, 0.15) is 0 Å². The number of aryl methyl sites for hydroxylation is 1. The molecule has 5 heteroatoms. The number of aromatic amines is 1. The second-order valence-electron chi connectivity index (χ2n) is 3.63. The number of nitrogens with zero attached hydrogens (tertiary/aromatic N) is 1. The van der Waals surface area contributed by atoms with E-state index in [1.807, 2.05) is 20.8 Å². The number of hydrogen-bond acceptors (Lipinski definition) is 4. The van der Waals surface area contributed by atoms with Gasteiger partial charge in [0, 0.05) is 11.8 Å². The molecule has 0 fully saturated rings. The summed E-state index contributed by atoms with van der Waals surface area (Å²) < 4.78 is 4.59. The second-order valence-corrected chi connectivity index (χ2v) is 3.63. The van der Waals surface area contributed by atoms with E-state index in [2.05, 4.69) is 14.7 Å². The van der Waals surface area contributed by atoms with Gasteiger partial charge in [-0.05, 0) is 18.6 Å². The van der Waals surface area contributed by atoms with Gasteiger partial charge < -0.3 is 9.72 Å². The van der Waals surface area contributed by atoms with Crippen LogP contribution in [-0.2, 0) is 11.2 Å². The lowest BCUT2D eigenvalue weighted by molar-refractivity contribution is 0.0600. The third-order valence-corrected chi connectivity index (χ3v) is 2.57. The zero-order valence-electron chi connectivity index (χ0n) is 11.6. The highest BCUT2D eigenvalue weighted by molar-refractivity contribution is 5.92. The van der Waals surface area contributed by atoms with Crippen LogP contribution in [0.2, 0.25) is 0 Å². The Hall–Kier alpha value is -2.17. The van der Waals surface area contributed by atoms with Crippen molar-refractivity contribution < 1.29 is 9.53 Å². The predicted molar refractivity (Wildman–Crippen MR) is 74.4 cm³/mol. The number of nitrogens with one attached hydrogen (secondary N) is 1. The van der Waals surface area contributed by atoms with Gasteiger partial charge in [-0.25, -0.2) is 4.79 Å². The number of esters is 1. The Kier molecular flexibility index (Phi) is 5.23. The Labute approximate surface area is 111 Å². The highest BCUT2D eigenvalue weighted by Gasteiger charge is 2.08. The van der Waals surface area contributed by atoms with Gasteiger partial charge in [0.2, 0.25) is 0 Å². The van der Waals surface area contributed by atoms with Crippen molar-refractivity contribution in [1.29, 1.82) is 0 Å². The summed E-state index contributed by atoms with van der Waals surface area (Å²) in [6.45, 7) is 5.90. The molecule has 0 aromatic carbocycles. The maximum Gasteiger partial charge on any atom is 0.339 e. The number of rotatable bonds is 2. The van der Waals surface area contributed by atoms with Crippen LogP contribution >= 0.6 is 0 Å². The molecular formula is C14H18N2O3. The van der Waals surface area contributed by atoms with Crippen molar-refractivity contribution >= 4 is 17.0 Å². The average Bonchev–Trinajstić information content (AvgIpc) is 2.47. The zero-order valence-corrected chi connectivity index (χ0v) is 11.6. The Morgan fingerprint density at radius 2 is 2.05 bits per heavy atom. The van der Waals surface area contributed by atoms with Crippen LogP contribution in [0, 0.1) is 0 Å². The van der Waals surface area contributed by atoms with Crippen molar-refractivity contribution in [3.8, 4) is 0 Å². The Bertz CT molecular complexity index is 632. The van der Waals surface area contributed by atoms with E-state index in [1.165, 1.54) is 13.3 Å². The fourth-order valence-corrected chi connectivity index (χ4v) is 1.62. The van der Waals surface area contributed by atoms with Crippen LogP contribution in [0.25, 0.3) is 11.0 Å². The number of fused-ring (bicyclic) bond motifs is 1. The molecule has 19 heavy (non-hydrogen) atoms. The number of pyridine rings is 2. The molecule has 0 unspecified atom stereocenters. The van der Waals surface area contributed by atoms with E-state index in [-0.39, 0.29) is 5.56 Å². The lowest BCUT2D eigenvalue weighted by Gasteiger charge is -2.02. The predicted octanol–water partition coefficient (Wildman–Crippen LogP) is 2.30. The van der Waals surface area contributed by atoms with E-state index < -0.39 is 5.97 Å². The molecule has 2 aromatic heterocycles. The first kappa shape index (κ1) is 14.9. The highest BCUT2D eigenvalue weighted by atomic mass is 16.5. The number of aromatic nitrogens is 2. The fourth-order valence-electron chi connectivity index (χ4n) is 1.62. The fraction of sp³-hybridized carbons (Fsp3) is 0.357.